The molecule has 2 aliphatic rings. The summed E-state index contributed by atoms with van der Waals surface area (Å²) in [6.45, 7) is 0. The fraction of sp³-hybridized carbons (Fsp3) is 0.500. The van der Waals surface area contributed by atoms with Crippen LogP contribution < -0.4 is 11.1 Å². The van der Waals surface area contributed by atoms with Gasteiger partial charge in [-0.05, 0) is 0 Å². The Bertz CT molecular complexity index is 376. The fourth-order valence-corrected chi connectivity index (χ4v) is 1.94. The van der Waals surface area contributed by atoms with Gasteiger partial charge < -0.3 is 5.73 Å². The largest absolute Gasteiger partial charge is 0.321 e. The number of carbonyl (C=O) groups excluding carboxylic acids is 4. The molecule has 0 bridgehead atoms. The molecule has 1 heterocycles. The second-order valence-corrected chi connectivity index (χ2v) is 3.56. The predicted molar refractivity (Wildman–Crippen MR) is 42.8 cm³/mol. The maximum absolute atomic E-state index is 11.5. The van der Waals surface area contributed by atoms with E-state index in [9.17, 15) is 19.2 Å². The SMILES string of the molecule is NC1CC(=O)C2(CC(=O)NC2=O)C1=O. The fourth-order valence-electron chi connectivity index (χ4n) is 1.94. The Labute approximate surface area is 78.8 Å². The molecule has 0 aromatic heterocycles. The minimum Gasteiger partial charge on any atom is -0.321 e. The van der Waals surface area contributed by atoms with Crippen molar-refractivity contribution in [2.75, 3.05) is 0 Å². The van der Waals surface area contributed by atoms with Gasteiger partial charge in [0.1, 0.15) is 0 Å². The first-order chi connectivity index (χ1) is 6.48. The lowest BCUT2D eigenvalue weighted by atomic mass is 9.82. The third-order valence-corrected chi connectivity index (χ3v) is 2.71. The van der Waals surface area contributed by atoms with Crippen LogP contribution in [0.4, 0.5) is 0 Å². The van der Waals surface area contributed by atoms with Crippen LogP contribution in [0.1, 0.15) is 12.8 Å². The van der Waals surface area contributed by atoms with Gasteiger partial charge in [0.2, 0.25) is 11.8 Å². The molecule has 0 aromatic carbocycles. The van der Waals surface area contributed by atoms with Crippen molar-refractivity contribution >= 4 is 23.4 Å². The van der Waals surface area contributed by atoms with Gasteiger partial charge in [-0.25, -0.2) is 0 Å². The monoisotopic (exact) mass is 196 g/mol. The molecule has 2 unspecified atom stereocenters. The van der Waals surface area contributed by atoms with Gasteiger partial charge in [0, 0.05) is 6.42 Å². The molecule has 6 nitrogen and oxygen atoms in total. The van der Waals surface area contributed by atoms with Gasteiger partial charge in [0.25, 0.3) is 0 Å². The van der Waals surface area contributed by atoms with Crippen molar-refractivity contribution in [1.82, 2.24) is 5.32 Å². The van der Waals surface area contributed by atoms with Gasteiger partial charge in [-0.1, -0.05) is 0 Å². The zero-order chi connectivity index (χ0) is 10.5. The van der Waals surface area contributed by atoms with Crippen LogP contribution in [0.15, 0.2) is 0 Å². The first kappa shape index (κ1) is 9.01. The van der Waals surface area contributed by atoms with Crippen LogP contribution in [0.3, 0.4) is 0 Å². The molecule has 2 rings (SSSR count). The quantitative estimate of drug-likeness (QED) is 0.340. The predicted octanol–water partition coefficient (Wildman–Crippen LogP) is -2.11. The van der Waals surface area contributed by atoms with E-state index >= 15 is 0 Å². The second kappa shape index (κ2) is 2.48. The molecule has 6 heteroatoms. The van der Waals surface area contributed by atoms with Crippen molar-refractivity contribution in [3.8, 4) is 0 Å². The molecule has 14 heavy (non-hydrogen) atoms. The first-order valence-corrected chi connectivity index (χ1v) is 4.16. The topological polar surface area (TPSA) is 106 Å². The lowest BCUT2D eigenvalue weighted by Crippen LogP contribution is -2.43. The Balaban J connectivity index is 2.50. The molecule has 1 aliphatic carbocycles. The maximum Gasteiger partial charge on any atom is 0.248 e. The number of imide groups is 1. The third-order valence-electron chi connectivity index (χ3n) is 2.71. The Morgan fingerprint density at radius 2 is 1.93 bits per heavy atom. The molecule has 2 amide bonds. The summed E-state index contributed by atoms with van der Waals surface area (Å²) >= 11 is 0. The lowest BCUT2D eigenvalue weighted by molar-refractivity contribution is -0.143. The second-order valence-electron chi connectivity index (χ2n) is 3.56. The highest BCUT2D eigenvalue weighted by Gasteiger charge is 2.63. The maximum atomic E-state index is 11.5. The van der Waals surface area contributed by atoms with Crippen LogP contribution in [0, 0.1) is 5.41 Å². The Morgan fingerprint density at radius 1 is 1.29 bits per heavy atom. The van der Waals surface area contributed by atoms with Gasteiger partial charge in [0.05, 0.1) is 12.5 Å². The van der Waals surface area contributed by atoms with Gasteiger partial charge in [-0.3, -0.25) is 24.5 Å². The highest BCUT2D eigenvalue weighted by atomic mass is 16.2. The van der Waals surface area contributed by atoms with Crippen molar-refractivity contribution in [2.45, 2.75) is 18.9 Å². The number of nitrogens with one attached hydrogen (secondary N) is 1. The molecule has 2 fully saturated rings. The Kier molecular flexibility index (Phi) is 1.59. The summed E-state index contributed by atoms with van der Waals surface area (Å²) in [6, 6.07) is -0.945. The van der Waals surface area contributed by atoms with E-state index < -0.39 is 34.8 Å². The van der Waals surface area contributed by atoms with E-state index in [0.717, 1.165) is 0 Å². The highest BCUT2D eigenvalue weighted by Crippen LogP contribution is 2.37. The standard InChI is InChI=1S/C8H8N2O4/c9-3-1-4(11)8(6(3)13)2-5(12)10-7(8)14/h3H,1-2,9H2,(H,10,12,14). The number of hydrogen-bond donors (Lipinski definition) is 2. The zero-order valence-electron chi connectivity index (χ0n) is 7.20. The van der Waals surface area contributed by atoms with Crippen molar-refractivity contribution < 1.29 is 19.2 Å². The van der Waals surface area contributed by atoms with E-state index in [1.54, 1.807) is 0 Å². The van der Waals surface area contributed by atoms with Crippen molar-refractivity contribution in [2.24, 2.45) is 11.1 Å². The molecule has 1 saturated heterocycles. The molecule has 3 N–H and O–H groups in total. The number of rotatable bonds is 0. The number of carbonyl (C=O) groups is 4. The average Bonchev–Trinajstić information content (AvgIpc) is 2.49. The molecular formula is C8H8N2O4. The normalized spacial score (nSPS) is 37.1. The summed E-state index contributed by atoms with van der Waals surface area (Å²) in [5, 5.41) is 1.96. The average molecular weight is 196 g/mol. The molecule has 1 saturated carbocycles. The van der Waals surface area contributed by atoms with Crippen molar-refractivity contribution in [3.05, 3.63) is 0 Å². The van der Waals surface area contributed by atoms with Crippen LogP contribution >= 0.6 is 0 Å². The molecule has 1 spiro atoms. The molecule has 0 radical (unpaired) electrons. The summed E-state index contributed by atoms with van der Waals surface area (Å²) in [6.07, 6.45) is -0.531. The smallest absolute Gasteiger partial charge is 0.248 e. The van der Waals surface area contributed by atoms with Crippen molar-refractivity contribution in [3.63, 3.8) is 0 Å². The first-order valence-electron chi connectivity index (χ1n) is 4.16. The van der Waals surface area contributed by atoms with Crippen LogP contribution in [-0.4, -0.2) is 29.4 Å². The minimum atomic E-state index is -1.80. The van der Waals surface area contributed by atoms with Crippen LogP contribution in [0.2, 0.25) is 0 Å². The number of ketones is 2. The third kappa shape index (κ3) is 0.832. The van der Waals surface area contributed by atoms with E-state index in [0.29, 0.717) is 0 Å². The molecule has 2 atom stereocenters. The summed E-state index contributed by atoms with van der Waals surface area (Å²) < 4.78 is 0. The summed E-state index contributed by atoms with van der Waals surface area (Å²) in [5.41, 5.74) is 3.57. The van der Waals surface area contributed by atoms with Crippen molar-refractivity contribution in [1.29, 1.82) is 0 Å². The number of Topliss-reactive ketones (excluding diaryl/α,β-unsaturated/α-hetero) is 2. The molecular weight excluding hydrogens is 188 g/mol. The van der Waals surface area contributed by atoms with E-state index in [-0.39, 0.29) is 12.8 Å². The summed E-state index contributed by atoms with van der Waals surface area (Å²) in [5.74, 6) is -2.58. The van der Waals surface area contributed by atoms with E-state index in [1.807, 2.05) is 5.32 Å². The Morgan fingerprint density at radius 3 is 2.29 bits per heavy atom. The van der Waals surface area contributed by atoms with Gasteiger partial charge in [-0.15, -0.1) is 0 Å². The lowest BCUT2D eigenvalue weighted by Gasteiger charge is -2.13. The Hall–Kier alpha value is -1.56. The number of amides is 2. The summed E-state index contributed by atoms with van der Waals surface area (Å²) in [7, 11) is 0. The van der Waals surface area contributed by atoms with Crippen LogP contribution in [0.5, 0.6) is 0 Å². The molecule has 1 aliphatic heterocycles. The minimum absolute atomic E-state index is 0.153. The van der Waals surface area contributed by atoms with Gasteiger partial charge in [0.15, 0.2) is 17.0 Å². The van der Waals surface area contributed by atoms with Crippen LogP contribution in [0.25, 0.3) is 0 Å². The zero-order valence-corrected chi connectivity index (χ0v) is 7.20. The number of hydrogen-bond acceptors (Lipinski definition) is 5. The van der Waals surface area contributed by atoms with E-state index in [1.165, 1.54) is 0 Å². The summed E-state index contributed by atoms with van der Waals surface area (Å²) in [4.78, 5) is 45.3. The van der Waals surface area contributed by atoms with E-state index in [4.69, 9.17) is 5.73 Å². The van der Waals surface area contributed by atoms with Gasteiger partial charge in [-0.2, -0.15) is 0 Å². The highest BCUT2D eigenvalue weighted by molar-refractivity contribution is 6.35. The van der Waals surface area contributed by atoms with E-state index in [2.05, 4.69) is 0 Å². The molecule has 0 aromatic rings. The van der Waals surface area contributed by atoms with Crippen LogP contribution in [-0.2, 0) is 19.2 Å². The molecule has 74 valence electrons. The van der Waals surface area contributed by atoms with Gasteiger partial charge >= 0.3 is 0 Å². The number of nitrogens with two attached hydrogens (primary N) is 1.